The topological polar surface area (TPSA) is 94.2 Å². The van der Waals surface area contributed by atoms with Gasteiger partial charge in [0, 0.05) is 25.7 Å². The molecule has 1 saturated heterocycles. The number of rotatable bonds is 5. The van der Waals surface area contributed by atoms with E-state index in [0.717, 1.165) is 0 Å². The summed E-state index contributed by atoms with van der Waals surface area (Å²) in [6.07, 6.45) is 0. The SMILES string of the molecule is O=C1COCCN1CCNS(=O)(=O)c1ccc2c(c1)OCCO2. The quantitative estimate of drug-likeness (QED) is 0.782. The van der Waals surface area contributed by atoms with E-state index in [-0.39, 0.29) is 24.0 Å². The largest absolute Gasteiger partial charge is 0.486 e. The van der Waals surface area contributed by atoms with E-state index in [1.807, 2.05) is 0 Å². The van der Waals surface area contributed by atoms with Gasteiger partial charge in [-0.15, -0.1) is 0 Å². The van der Waals surface area contributed by atoms with Gasteiger partial charge in [-0.2, -0.15) is 0 Å². The highest BCUT2D eigenvalue weighted by atomic mass is 32.2. The second-order valence-corrected chi connectivity index (χ2v) is 6.90. The van der Waals surface area contributed by atoms with Gasteiger partial charge in [-0.1, -0.05) is 0 Å². The molecule has 1 fully saturated rings. The van der Waals surface area contributed by atoms with Crippen LogP contribution in [0.1, 0.15) is 0 Å². The summed E-state index contributed by atoms with van der Waals surface area (Å²) < 4.78 is 42.9. The predicted molar refractivity (Wildman–Crippen MR) is 80.0 cm³/mol. The minimum Gasteiger partial charge on any atom is -0.486 e. The lowest BCUT2D eigenvalue weighted by Crippen LogP contribution is -2.45. The van der Waals surface area contributed by atoms with Crippen LogP contribution < -0.4 is 14.2 Å². The molecule has 0 aromatic heterocycles. The Morgan fingerprint density at radius 1 is 1.13 bits per heavy atom. The standard InChI is InChI=1S/C14H18N2O6S/c17-14-10-20-6-5-16(14)4-3-15-23(18,19)11-1-2-12-13(9-11)22-8-7-21-12/h1-2,9,15H,3-8,10H2. The van der Waals surface area contributed by atoms with Gasteiger partial charge in [-0.25, -0.2) is 13.1 Å². The van der Waals surface area contributed by atoms with E-state index >= 15 is 0 Å². The van der Waals surface area contributed by atoms with Crippen molar-refractivity contribution in [3.8, 4) is 11.5 Å². The molecular formula is C14H18N2O6S. The molecule has 1 amide bonds. The monoisotopic (exact) mass is 342 g/mol. The smallest absolute Gasteiger partial charge is 0.248 e. The number of nitrogens with zero attached hydrogens (tertiary/aromatic N) is 1. The van der Waals surface area contributed by atoms with Crippen molar-refractivity contribution >= 4 is 15.9 Å². The van der Waals surface area contributed by atoms with Gasteiger partial charge >= 0.3 is 0 Å². The zero-order valence-corrected chi connectivity index (χ0v) is 13.3. The summed E-state index contributed by atoms with van der Waals surface area (Å²) >= 11 is 0. The lowest BCUT2D eigenvalue weighted by Gasteiger charge is -2.26. The van der Waals surface area contributed by atoms with Crippen LogP contribution in [-0.4, -0.2) is 65.3 Å². The van der Waals surface area contributed by atoms with Crippen molar-refractivity contribution in [2.75, 3.05) is 46.1 Å². The molecule has 1 N–H and O–H groups in total. The maximum atomic E-state index is 12.3. The molecule has 0 radical (unpaired) electrons. The summed E-state index contributed by atoms with van der Waals surface area (Å²) in [5.74, 6) is 0.825. The fourth-order valence-electron chi connectivity index (χ4n) is 2.38. The molecule has 2 aliphatic heterocycles. The van der Waals surface area contributed by atoms with Crippen molar-refractivity contribution in [2.24, 2.45) is 0 Å². The Hall–Kier alpha value is -1.84. The molecule has 0 saturated carbocycles. The lowest BCUT2D eigenvalue weighted by molar-refractivity contribution is -0.142. The number of amides is 1. The molecule has 0 aliphatic carbocycles. The average Bonchev–Trinajstić information content (AvgIpc) is 2.56. The number of benzene rings is 1. The first-order chi connectivity index (χ1) is 11.1. The number of hydrogen-bond acceptors (Lipinski definition) is 6. The van der Waals surface area contributed by atoms with Gasteiger partial charge in [-0.05, 0) is 12.1 Å². The number of sulfonamides is 1. The highest BCUT2D eigenvalue weighted by Gasteiger charge is 2.21. The molecule has 8 nitrogen and oxygen atoms in total. The summed E-state index contributed by atoms with van der Waals surface area (Å²) in [5.41, 5.74) is 0. The molecule has 2 aliphatic rings. The van der Waals surface area contributed by atoms with Gasteiger partial charge < -0.3 is 19.1 Å². The third kappa shape index (κ3) is 3.74. The van der Waals surface area contributed by atoms with Gasteiger partial charge in [0.2, 0.25) is 15.9 Å². The van der Waals surface area contributed by atoms with Crippen molar-refractivity contribution in [1.82, 2.24) is 9.62 Å². The van der Waals surface area contributed by atoms with Crippen LogP contribution in [0.2, 0.25) is 0 Å². The molecule has 2 heterocycles. The molecule has 1 aromatic carbocycles. The molecule has 0 spiro atoms. The number of fused-ring (bicyclic) bond motifs is 1. The van der Waals surface area contributed by atoms with Crippen LogP contribution in [0.3, 0.4) is 0 Å². The lowest BCUT2D eigenvalue weighted by atomic mass is 10.3. The Balaban J connectivity index is 1.61. The minimum atomic E-state index is -3.67. The zero-order valence-electron chi connectivity index (χ0n) is 12.5. The third-order valence-electron chi connectivity index (χ3n) is 3.58. The summed E-state index contributed by atoms with van der Waals surface area (Å²) in [7, 11) is -3.67. The Labute approximate surface area is 134 Å². The van der Waals surface area contributed by atoms with Gasteiger partial charge in [0.1, 0.15) is 19.8 Å². The second kappa shape index (κ2) is 6.73. The minimum absolute atomic E-state index is 0.0505. The van der Waals surface area contributed by atoms with Gasteiger partial charge in [0.25, 0.3) is 0 Å². The Morgan fingerprint density at radius 2 is 1.91 bits per heavy atom. The number of carbonyl (C=O) groups excluding carboxylic acids is 1. The van der Waals surface area contributed by atoms with Crippen LogP contribution >= 0.6 is 0 Å². The Bertz CT molecular complexity index is 691. The van der Waals surface area contributed by atoms with E-state index in [2.05, 4.69) is 4.72 Å². The molecule has 0 unspecified atom stereocenters. The van der Waals surface area contributed by atoms with E-state index in [9.17, 15) is 13.2 Å². The molecule has 23 heavy (non-hydrogen) atoms. The second-order valence-electron chi connectivity index (χ2n) is 5.14. The van der Waals surface area contributed by atoms with Crippen molar-refractivity contribution in [3.63, 3.8) is 0 Å². The number of hydrogen-bond donors (Lipinski definition) is 1. The summed E-state index contributed by atoms with van der Waals surface area (Å²) in [6, 6.07) is 4.49. The van der Waals surface area contributed by atoms with Crippen LogP contribution in [0.15, 0.2) is 23.1 Å². The van der Waals surface area contributed by atoms with Crippen molar-refractivity contribution in [2.45, 2.75) is 4.90 Å². The first kappa shape index (κ1) is 16.0. The molecular weight excluding hydrogens is 324 g/mol. The average molecular weight is 342 g/mol. The van der Waals surface area contributed by atoms with Crippen LogP contribution in [0.4, 0.5) is 0 Å². The van der Waals surface area contributed by atoms with Crippen LogP contribution in [0, 0.1) is 0 Å². The van der Waals surface area contributed by atoms with Crippen molar-refractivity contribution < 1.29 is 27.4 Å². The van der Waals surface area contributed by atoms with Crippen LogP contribution in [-0.2, 0) is 19.6 Å². The Morgan fingerprint density at radius 3 is 2.70 bits per heavy atom. The maximum Gasteiger partial charge on any atom is 0.248 e. The fraction of sp³-hybridized carbons (Fsp3) is 0.500. The van der Waals surface area contributed by atoms with E-state index in [1.165, 1.54) is 12.1 Å². The van der Waals surface area contributed by atoms with E-state index in [4.69, 9.17) is 14.2 Å². The summed E-state index contributed by atoms with van der Waals surface area (Å²) in [6.45, 7) is 2.29. The predicted octanol–water partition coefficient (Wildman–Crippen LogP) is -0.405. The highest BCUT2D eigenvalue weighted by Crippen LogP contribution is 2.32. The molecule has 9 heteroatoms. The summed E-state index contributed by atoms with van der Waals surface area (Å²) in [5, 5.41) is 0. The first-order valence-corrected chi connectivity index (χ1v) is 8.79. The van der Waals surface area contributed by atoms with Gasteiger partial charge in [-0.3, -0.25) is 4.79 Å². The van der Waals surface area contributed by atoms with Crippen molar-refractivity contribution in [1.29, 1.82) is 0 Å². The molecule has 0 atom stereocenters. The third-order valence-corrected chi connectivity index (χ3v) is 5.04. The zero-order chi connectivity index (χ0) is 16.3. The molecule has 126 valence electrons. The van der Waals surface area contributed by atoms with Gasteiger partial charge in [0.05, 0.1) is 11.5 Å². The van der Waals surface area contributed by atoms with E-state index in [0.29, 0.717) is 44.4 Å². The normalized spacial score (nSPS) is 18.1. The maximum absolute atomic E-state index is 12.3. The first-order valence-electron chi connectivity index (χ1n) is 7.31. The molecule has 1 aromatic rings. The Kier molecular flexibility index (Phi) is 4.69. The van der Waals surface area contributed by atoms with E-state index < -0.39 is 10.0 Å². The number of carbonyl (C=O) groups is 1. The number of ether oxygens (including phenoxy) is 3. The van der Waals surface area contributed by atoms with Crippen LogP contribution in [0.5, 0.6) is 11.5 Å². The number of nitrogens with one attached hydrogen (secondary N) is 1. The highest BCUT2D eigenvalue weighted by molar-refractivity contribution is 7.89. The van der Waals surface area contributed by atoms with Gasteiger partial charge in [0.15, 0.2) is 11.5 Å². The van der Waals surface area contributed by atoms with Crippen LogP contribution in [0.25, 0.3) is 0 Å². The fourth-order valence-corrected chi connectivity index (χ4v) is 3.41. The molecule has 0 bridgehead atoms. The molecule has 3 rings (SSSR count). The number of morpholine rings is 1. The van der Waals surface area contributed by atoms with Crippen molar-refractivity contribution in [3.05, 3.63) is 18.2 Å². The summed E-state index contributed by atoms with van der Waals surface area (Å²) in [4.78, 5) is 13.3. The van der Waals surface area contributed by atoms with E-state index in [1.54, 1.807) is 11.0 Å².